The molecule has 2 rings (SSSR count). The molecule has 0 saturated carbocycles. The zero-order chi connectivity index (χ0) is 15.6. The van der Waals surface area contributed by atoms with Crippen molar-refractivity contribution in [3.63, 3.8) is 0 Å². The zero-order valence-electron chi connectivity index (χ0n) is 12.4. The lowest BCUT2D eigenvalue weighted by Crippen LogP contribution is -2.31. The molecule has 6 heteroatoms. The largest absolute Gasteiger partial charge is 0.489 e. The van der Waals surface area contributed by atoms with Crippen LogP contribution in [0.1, 0.15) is 40.1 Å². The third-order valence-corrected chi connectivity index (χ3v) is 3.28. The van der Waals surface area contributed by atoms with E-state index in [1.54, 1.807) is 13.0 Å². The van der Waals surface area contributed by atoms with Gasteiger partial charge in [-0.05, 0) is 31.5 Å². The van der Waals surface area contributed by atoms with Crippen molar-refractivity contribution in [2.75, 3.05) is 13.6 Å². The van der Waals surface area contributed by atoms with E-state index < -0.39 is 6.10 Å². The molecule has 0 aliphatic carbocycles. The Balaban J connectivity index is 2.34. The van der Waals surface area contributed by atoms with E-state index in [1.807, 2.05) is 6.92 Å². The SMILES string of the molecule is CNC(=O)c1cc(C(=O)NCC(C)O)cc2c1O[C@@H](C)C2. The van der Waals surface area contributed by atoms with E-state index in [-0.39, 0.29) is 24.5 Å². The summed E-state index contributed by atoms with van der Waals surface area (Å²) in [6, 6.07) is 3.26. The molecule has 1 aliphatic heterocycles. The molecule has 1 aliphatic rings. The second-order valence-corrected chi connectivity index (χ2v) is 5.28. The fraction of sp³-hybridized carbons (Fsp3) is 0.467. The average Bonchev–Trinajstić information content (AvgIpc) is 2.82. The van der Waals surface area contributed by atoms with E-state index in [4.69, 9.17) is 4.74 Å². The van der Waals surface area contributed by atoms with Gasteiger partial charge in [0.1, 0.15) is 11.9 Å². The summed E-state index contributed by atoms with van der Waals surface area (Å²) in [7, 11) is 1.54. The van der Waals surface area contributed by atoms with Gasteiger partial charge in [0.15, 0.2) is 0 Å². The predicted octanol–water partition coefficient (Wildman–Crippen LogP) is 0.480. The molecule has 1 heterocycles. The van der Waals surface area contributed by atoms with E-state index >= 15 is 0 Å². The number of ether oxygens (including phenoxy) is 1. The minimum Gasteiger partial charge on any atom is -0.489 e. The summed E-state index contributed by atoms with van der Waals surface area (Å²) in [5.41, 5.74) is 1.61. The molecule has 6 nitrogen and oxygen atoms in total. The van der Waals surface area contributed by atoms with Gasteiger partial charge in [-0.1, -0.05) is 0 Å². The summed E-state index contributed by atoms with van der Waals surface area (Å²) in [5.74, 6) is -0.0529. The van der Waals surface area contributed by atoms with Crippen molar-refractivity contribution >= 4 is 11.8 Å². The maximum Gasteiger partial charge on any atom is 0.254 e. The number of benzene rings is 1. The van der Waals surface area contributed by atoms with Gasteiger partial charge in [0.25, 0.3) is 11.8 Å². The van der Waals surface area contributed by atoms with Crippen LogP contribution in [0.15, 0.2) is 12.1 Å². The van der Waals surface area contributed by atoms with Crippen LogP contribution in [0.5, 0.6) is 5.75 Å². The summed E-state index contributed by atoms with van der Waals surface area (Å²) >= 11 is 0. The lowest BCUT2D eigenvalue weighted by Gasteiger charge is -2.11. The summed E-state index contributed by atoms with van der Waals surface area (Å²) in [4.78, 5) is 24.1. The number of aliphatic hydroxyl groups excluding tert-OH is 1. The Bertz CT molecular complexity index is 569. The van der Waals surface area contributed by atoms with Gasteiger partial charge in [0, 0.05) is 25.6 Å². The van der Waals surface area contributed by atoms with Crippen LogP contribution in [0.3, 0.4) is 0 Å². The number of aliphatic hydroxyl groups is 1. The highest BCUT2D eigenvalue weighted by molar-refractivity contribution is 6.02. The van der Waals surface area contributed by atoms with E-state index in [0.717, 1.165) is 5.56 Å². The molecule has 0 fully saturated rings. The van der Waals surface area contributed by atoms with Crippen LogP contribution in [0.2, 0.25) is 0 Å². The number of rotatable bonds is 4. The third-order valence-electron chi connectivity index (χ3n) is 3.28. The fourth-order valence-electron chi connectivity index (χ4n) is 2.31. The Labute approximate surface area is 123 Å². The summed E-state index contributed by atoms with van der Waals surface area (Å²) < 4.78 is 5.66. The first-order chi connectivity index (χ1) is 9.92. The van der Waals surface area contributed by atoms with Crippen molar-refractivity contribution in [3.05, 3.63) is 28.8 Å². The molecular formula is C15H20N2O4. The van der Waals surface area contributed by atoms with E-state index in [0.29, 0.717) is 23.3 Å². The first-order valence-electron chi connectivity index (χ1n) is 6.94. The van der Waals surface area contributed by atoms with Crippen molar-refractivity contribution < 1.29 is 19.4 Å². The number of amides is 2. The van der Waals surface area contributed by atoms with Crippen molar-refractivity contribution in [1.29, 1.82) is 0 Å². The lowest BCUT2D eigenvalue weighted by atomic mass is 10.0. The number of carbonyl (C=O) groups excluding carboxylic acids is 2. The highest BCUT2D eigenvalue weighted by atomic mass is 16.5. The molecule has 0 saturated heterocycles. The van der Waals surface area contributed by atoms with Crippen molar-refractivity contribution in [3.8, 4) is 5.75 Å². The van der Waals surface area contributed by atoms with Crippen molar-refractivity contribution in [2.45, 2.75) is 32.5 Å². The number of carbonyl (C=O) groups is 2. The Hall–Kier alpha value is -2.08. The number of fused-ring (bicyclic) bond motifs is 1. The van der Waals surface area contributed by atoms with Gasteiger partial charge in [-0.2, -0.15) is 0 Å². The first-order valence-corrected chi connectivity index (χ1v) is 6.94. The minimum absolute atomic E-state index is 0.0146. The van der Waals surface area contributed by atoms with Gasteiger partial charge in [-0.15, -0.1) is 0 Å². The Morgan fingerprint density at radius 2 is 2.14 bits per heavy atom. The van der Waals surface area contributed by atoms with Crippen LogP contribution in [0.25, 0.3) is 0 Å². The molecule has 0 radical (unpaired) electrons. The molecule has 2 atom stereocenters. The lowest BCUT2D eigenvalue weighted by molar-refractivity contribution is 0.0924. The zero-order valence-corrected chi connectivity index (χ0v) is 12.4. The molecule has 1 unspecified atom stereocenters. The van der Waals surface area contributed by atoms with Crippen LogP contribution in [-0.2, 0) is 6.42 Å². The maximum atomic E-state index is 12.1. The Morgan fingerprint density at radius 3 is 2.76 bits per heavy atom. The van der Waals surface area contributed by atoms with Gasteiger partial charge in [-0.25, -0.2) is 0 Å². The maximum absolute atomic E-state index is 12.1. The molecule has 1 aromatic rings. The molecular weight excluding hydrogens is 272 g/mol. The van der Waals surface area contributed by atoms with E-state index in [1.165, 1.54) is 13.1 Å². The molecule has 0 bridgehead atoms. The third kappa shape index (κ3) is 3.33. The van der Waals surface area contributed by atoms with Crippen LogP contribution in [0, 0.1) is 0 Å². The highest BCUT2D eigenvalue weighted by Gasteiger charge is 2.27. The van der Waals surface area contributed by atoms with Gasteiger partial charge in [0.05, 0.1) is 11.7 Å². The summed E-state index contributed by atoms with van der Waals surface area (Å²) in [6.45, 7) is 3.67. The normalized spacial score (nSPS) is 17.6. The monoisotopic (exact) mass is 292 g/mol. The van der Waals surface area contributed by atoms with Crippen LogP contribution < -0.4 is 15.4 Å². The number of nitrogens with one attached hydrogen (secondary N) is 2. The standard InChI is InChI=1S/C15H20N2O4/c1-8(18)7-17-14(19)11-5-10-4-9(2)21-13(10)12(6-11)15(20)16-3/h5-6,8-9,18H,4,7H2,1-3H3,(H,16,20)(H,17,19)/t8?,9-/m0/s1. The van der Waals surface area contributed by atoms with Crippen LogP contribution in [-0.4, -0.2) is 42.7 Å². The van der Waals surface area contributed by atoms with Crippen molar-refractivity contribution in [2.24, 2.45) is 0 Å². The second kappa shape index (κ2) is 6.13. The Morgan fingerprint density at radius 1 is 1.43 bits per heavy atom. The van der Waals surface area contributed by atoms with Gasteiger partial charge >= 0.3 is 0 Å². The van der Waals surface area contributed by atoms with Crippen LogP contribution >= 0.6 is 0 Å². The quantitative estimate of drug-likeness (QED) is 0.753. The average molecular weight is 292 g/mol. The first kappa shape index (κ1) is 15.3. The van der Waals surface area contributed by atoms with Gasteiger partial charge in [-0.3, -0.25) is 9.59 Å². The van der Waals surface area contributed by atoms with Gasteiger partial charge in [0.2, 0.25) is 0 Å². The molecule has 2 amide bonds. The summed E-state index contributed by atoms with van der Waals surface area (Å²) in [5, 5.41) is 14.4. The predicted molar refractivity (Wildman–Crippen MR) is 77.6 cm³/mol. The summed E-state index contributed by atoms with van der Waals surface area (Å²) in [6.07, 6.45) is 0.0287. The minimum atomic E-state index is -0.620. The molecule has 0 aromatic heterocycles. The van der Waals surface area contributed by atoms with E-state index in [9.17, 15) is 14.7 Å². The smallest absolute Gasteiger partial charge is 0.254 e. The van der Waals surface area contributed by atoms with E-state index in [2.05, 4.69) is 10.6 Å². The molecule has 0 spiro atoms. The van der Waals surface area contributed by atoms with Crippen LogP contribution in [0.4, 0.5) is 0 Å². The van der Waals surface area contributed by atoms with Gasteiger partial charge < -0.3 is 20.5 Å². The highest BCUT2D eigenvalue weighted by Crippen LogP contribution is 2.33. The molecule has 3 N–H and O–H groups in total. The van der Waals surface area contributed by atoms with Crippen molar-refractivity contribution in [1.82, 2.24) is 10.6 Å². The Kier molecular flexibility index (Phi) is 4.47. The fourth-order valence-corrected chi connectivity index (χ4v) is 2.31. The number of hydrogen-bond acceptors (Lipinski definition) is 4. The molecule has 21 heavy (non-hydrogen) atoms. The molecule has 1 aromatic carbocycles. The second-order valence-electron chi connectivity index (χ2n) is 5.28. The number of hydrogen-bond donors (Lipinski definition) is 3. The topological polar surface area (TPSA) is 87.7 Å². The molecule has 114 valence electrons.